The third kappa shape index (κ3) is 4.35. The number of esters is 1. The van der Waals surface area contributed by atoms with Crippen molar-refractivity contribution in [3.8, 4) is 0 Å². The first-order chi connectivity index (χ1) is 13.8. The molecule has 2 aromatic heterocycles. The third-order valence-electron chi connectivity index (χ3n) is 5.32. The van der Waals surface area contributed by atoms with Crippen LogP contribution in [-0.4, -0.2) is 42.0 Å². The van der Waals surface area contributed by atoms with E-state index >= 15 is 0 Å². The fraction of sp³-hybridized carbons (Fsp3) is 0.450. The molecule has 0 radical (unpaired) electrons. The van der Waals surface area contributed by atoms with Crippen LogP contribution >= 0.6 is 11.3 Å². The monoisotopic (exact) mass is 419 g/mol. The van der Waals surface area contributed by atoms with Crippen molar-refractivity contribution in [2.75, 3.05) is 25.0 Å². The van der Waals surface area contributed by atoms with Crippen molar-refractivity contribution in [1.29, 1.82) is 0 Å². The molecule has 8 nitrogen and oxygen atoms in total. The number of nitrogens with one attached hydrogen (secondary N) is 2. The highest BCUT2D eigenvalue weighted by Crippen LogP contribution is 2.33. The van der Waals surface area contributed by atoms with Gasteiger partial charge in [0, 0.05) is 26.1 Å². The zero-order chi connectivity index (χ0) is 21.1. The van der Waals surface area contributed by atoms with Crippen molar-refractivity contribution in [1.82, 2.24) is 4.57 Å². The van der Waals surface area contributed by atoms with Gasteiger partial charge in [0.15, 0.2) is 6.54 Å². The number of aromatic nitrogens is 1. The fourth-order valence-electron chi connectivity index (χ4n) is 3.98. The van der Waals surface area contributed by atoms with E-state index in [1.807, 2.05) is 19.3 Å². The molecule has 0 spiro atoms. The fourth-order valence-corrected chi connectivity index (χ4v) is 5.04. The lowest BCUT2D eigenvalue weighted by Crippen LogP contribution is -3.11. The molecule has 4 N–H and O–H groups in total. The molecule has 2 aromatic rings. The van der Waals surface area contributed by atoms with Gasteiger partial charge in [-0.3, -0.25) is 9.59 Å². The first-order valence-electron chi connectivity index (χ1n) is 9.69. The summed E-state index contributed by atoms with van der Waals surface area (Å²) in [4.78, 5) is 38.3. The van der Waals surface area contributed by atoms with E-state index in [0.717, 1.165) is 30.7 Å². The number of anilines is 1. The molecule has 1 aliphatic rings. The minimum atomic E-state index is -0.632. The highest BCUT2D eigenvalue weighted by molar-refractivity contribution is 7.18. The Balaban J connectivity index is 1.78. The average molecular weight is 420 g/mol. The van der Waals surface area contributed by atoms with Crippen molar-refractivity contribution < 1.29 is 24.0 Å². The molecular weight excluding hydrogens is 392 g/mol. The van der Waals surface area contributed by atoms with Crippen LogP contribution in [0.25, 0.3) is 0 Å². The molecule has 1 unspecified atom stereocenters. The van der Waals surface area contributed by atoms with Crippen molar-refractivity contribution >= 4 is 34.1 Å². The molecule has 29 heavy (non-hydrogen) atoms. The molecule has 0 bridgehead atoms. The van der Waals surface area contributed by atoms with Crippen LogP contribution in [0.2, 0.25) is 0 Å². The van der Waals surface area contributed by atoms with Crippen molar-refractivity contribution in [2.24, 2.45) is 12.8 Å². The summed E-state index contributed by atoms with van der Waals surface area (Å²) in [7, 11) is 2.01. The van der Waals surface area contributed by atoms with Gasteiger partial charge in [-0.2, -0.15) is 0 Å². The maximum atomic E-state index is 12.8. The lowest BCUT2D eigenvalue weighted by atomic mass is 10.1. The minimum absolute atomic E-state index is 0.198. The summed E-state index contributed by atoms with van der Waals surface area (Å²) >= 11 is 1.01. The predicted molar refractivity (Wildman–Crippen MR) is 110 cm³/mol. The number of hydrogen-bond acceptors (Lipinski definition) is 5. The van der Waals surface area contributed by atoms with Crippen molar-refractivity contribution in [3.05, 3.63) is 40.0 Å². The topological polar surface area (TPSA) is 108 Å². The first kappa shape index (κ1) is 21.1. The number of hydrogen-bond donors (Lipinski definition) is 3. The molecule has 0 saturated carbocycles. The van der Waals surface area contributed by atoms with Gasteiger partial charge < -0.3 is 25.3 Å². The van der Waals surface area contributed by atoms with Gasteiger partial charge in [0.25, 0.3) is 11.8 Å². The lowest BCUT2D eigenvalue weighted by Gasteiger charge is -2.21. The van der Waals surface area contributed by atoms with Crippen LogP contribution < -0.4 is 16.0 Å². The van der Waals surface area contributed by atoms with Gasteiger partial charge in [0.1, 0.15) is 11.0 Å². The summed E-state index contributed by atoms with van der Waals surface area (Å²) < 4.78 is 7.18. The maximum Gasteiger partial charge on any atom is 0.341 e. The maximum absolute atomic E-state index is 12.8. The number of thiophene rings is 1. The van der Waals surface area contributed by atoms with Crippen LogP contribution in [0.4, 0.5) is 5.00 Å². The Morgan fingerprint density at radius 1 is 1.41 bits per heavy atom. The summed E-state index contributed by atoms with van der Waals surface area (Å²) in [6.07, 6.45) is 4.09. The number of aryl methyl sites for hydroxylation is 1. The average Bonchev–Trinajstić information content (AvgIpc) is 3.34. The van der Waals surface area contributed by atoms with E-state index in [2.05, 4.69) is 16.0 Å². The Morgan fingerprint density at radius 2 is 2.17 bits per heavy atom. The van der Waals surface area contributed by atoms with Gasteiger partial charge in [0.2, 0.25) is 0 Å². The zero-order valence-corrected chi connectivity index (χ0v) is 17.7. The Labute approximate surface area is 173 Å². The number of likely N-dealkylation sites (tertiary alicyclic amines) is 1. The Kier molecular flexibility index (Phi) is 6.39. The second kappa shape index (κ2) is 8.79. The van der Waals surface area contributed by atoms with E-state index in [-0.39, 0.29) is 35.5 Å². The molecule has 3 heterocycles. The number of primary amides is 1. The normalized spacial score (nSPS) is 18.6. The number of ether oxygens (including phenoxy) is 1. The molecule has 0 aromatic carbocycles. The first-order valence-corrected chi connectivity index (χ1v) is 10.5. The molecule has 3 rings (SSSR count). The molecule has 1 fully saturated rings. The van der Waals surface area contributed by atoms with E-state index in [1.54, 1.807) is 13.8 Å². The van der Waals surface area contributed by atoms with E-state index in [0.29, 0.717) is 10.6 Å². The summed E-state index contributed by atoms with van der Waals surface area (Å²) in [5, 5.41) is 3.13. The molecule has 2 atom stereocenters. The SMILES string of the molecule is CCOC(=O)c1c(NC(=O)C[NH+]2CCC[C@@H]2c2cccn2C)sc(C(N)=O)c1C. The molecule has 0 aliphatic carbocycles. The number of carbonyl (C=O) groups excluding carboxylic acids is 3. The molecule has 1 aliphatic heterocycles. The van der Waals surface area contributed by atoms with Crippen LogP contribution in [0, 0.1) is 6.92 Å². The number of rotatable bonds is 7. The smallest absolute Gasteiger partial charge is 0.341 e. The molecule has 9 heteroatoms. The summed E-state index contributed by atoms with van der Waals surface area (Å²) in [6, 6.07) is 4.36. The third-order valence-corrected chi connectivity index (χ3v) is 6.54. The second-order valence-electron chi connectivity index (χ2n) is 7.22. The Hall–Kier alpha value is -2.65. The Morgan fingerprint density at radius 3 is 2.79 bits per heavy atom. The van der Waals surface area contributed by atoms with Gasteiger partial charge in [-0.1, -0.05) is 0 Å². The standard InChI is InChI=1S/C20H26N4O4S/c1-4-28-20(27)16-12(2)17(18(21)26)29-19(16)22-15(25)11-24-10-6-8-14(24)13-7-5-9-23(13)3/h5,7,9,14H,4,6,8,10-11H2,1-3H3,(H2,21,26)(H,22,25)/p+1/t14-/m1/s1. The summed E-state index contributed by atoms with van der Waals surface area (Å²) in [5.41, 5.74) is 7.27. The highest BCUT2D eigenvalue weighted by Gasteiger charge is 2.34. The number of amides is 2. The number of nitrogens with zero attached hydrogens (tertiary/aromatic N) is 1. The van der Waals surface area contributed by atoms with Crippen LogP contribution in [0.1, 0.15) is 57.1 Å². The minimum Gasteiger partial charge on any atom is -0.462 e. The molecule has 156 valence electrons. The van der Waals surface area contributed by atoms with Crippen LogP contribution in [0.3, 0.4) is 0 Å². The van der Waals surface area contributed by atoms with E-state index < -0.39 is 11.9 Å². The van der Waals surface area contributed by atoms with Crippen LogP contribution in [-0.2, 0) is 16.6 Å². The quantitative estimate of drug-likeness (QED) is 0.583. The van der Waals surface area contributed by atoms with Gasteiger partial charge >= 0.3 is 5.97 Å². The van der Waals surface area contributed by atoms with Crippen molar-refractivity contribution in [3.63, 3.8) is 0 Å². The lowest BCUT2D eigenvalue weighted by molar-refractivity contribution is -0.910. The zero-order valence-electron chi connectivity index (χ0n) is 16.9. The summed E-state index contributed by atoms with van der Waals surface area (Å²) in [5.74, 6) is -1.41. The Bertz CT molecular complexity index is 933. The van der Waals surface area contributed by atoms with Crippen LogP contribution in [0.15, 0.2) is 18.3 Å². The summed E-state index contributed by atoms with van der Waals surface area (Å²) in [6.45, 7) is 4.72. The van der Waals surface area contributed by atoms with Gasteiger partial charge in [-0.05, 0) is 31.5 Å². The number of quaternary nitrogens is 1. The van der Waals surface area contributed by atoms with E-state index in [4.69, 9.17) is 10.5 Å². The van der Waals surface area contributed by atoms with E-state index in [1.165, 1.54) is 10.6 Å². The number of nitrogens with two attached hydrogens (primary N) is 1. The largest absolute Gasteiger partial charge is 0.462 e. The molecule has 2 amide bonds. The van der Waals surface area contributed by atoms with E-state index in [9.17, 15) is 14.4 Å². The molecule has 1 saturated heterocycles. The molecular formula is C20H27N4O4S+. The van der Waals surface area contributed by atoms with Gasteiger partial charge in [-0.15, -0.1) is 11.3 Å². The van der Waals surface area contributed by atoms with Gasteiger partial charge in [-0.25, -0.2) is 4.79 Å². The van der Waals surface area contributed by atoms with Gasteiger partial charge in [0.05, 0.1) is 29.3 Å². The van der Waals surface area contributed by atoms with Crippen LogP contribution in [0.5, 0.6) is 0 Å². The van der Waals surface area contributed by atoms with Crippen molar-refractivity contribution in [2.45, 2.75) is 32.7 Å². The highest BCUT2D eigenvalue weighted by atomic mass is 32.1. The second-order valence-corrected chi connectivity index (χ2v) is 8.24. The predicted octanol–water partition coefficient (Wildman–Crippen LogP) is 1.03. The number of carbonyl (C=O) groups is 3.